The monoisotopic (exact) mass is 423 g/mol. The third kappa shape index (κ3) is 5.30. The Labute approximate surface area is 183 Å². The molecular weight excluding hydrogens is 393 g/mol. The molecule has 1 aromatic carbocycles. The van der Waals surface area contributed by atoms with Crippen LogP contribution in [0.2, 0.25) is 0 Å². The van der Waals surface area contributed by atoms with Crippen LogP contribution in [-0.4, -0.2) is 46.2 Å². The van der Waals surface area contributed by atoms with Gasteiger partial charge in [0, 0.05) is 25.2 Å². The van der Waals surface area contributed by atoms with Crippen LogP contribution in [0.25, 0.3) is 0 Å². The predicted octanol–water partition coefficient (Wildman–Crippen LogP) is 4.19. The number of pyridine rings is 1. The molecule has 0 saturated carbocycles. The van der Waals surface area contributed by atoms with Crippen LogP contribution < -0.4 is 0 Å². The second-order valence-corrected chi connectivity index (χ2v) is 8.72. The second-order valence-electron chi connectivity index (χ2n) is 8.72. The lowest BCUT2D eigenvalue weighted by Gasteiger charge is -2.28. The molecule has 2 fully saturated rings. The van der Waals surface area contributed by atoms with Gasteiger partial charge in [0.1, 0.15) is 5.82 Å². The summed E-state index contributed by atoms with van der Waals surface area (Å²) >= 11 is 0. The SMILES string of the molecule is Cc1cc(Cc2ccc(F)cc2)cc([C@@H]2CCCN2C(=O)CN2CCCCCC2=O)n1. The number of carbonyl (C=O) groups is 2. The number of halogens is 1. The van der Waals surface area contributed by atoms with Crippen molar-refractivity contribution in [2.75, 3.05) is 19.6 Å². The van der Waals surface area contributed by atoms with Crippen molar-refractivity contribution >= 4 is 11.8 Å². The number of rotatable bonds is 5. The van der Waals surface area contributed by atoms with E-state index in [1.165, 1.54) is 12.1 Å². The second kappa shape index (κ2) is 9.58. The molecule has 0 radical (unpaired) electrons. The third-order valence-corrected chi connectivity index (χ3v) is 6.27. The van der Waals surface area contributed by atoms with Crippen LogP contribution in [0.1, 0.15) is 67.1 Å². The Bertz CT molecular complexity index is 944. The van der Waals surface area contributed by atoms with Crippen LogP contribution in [0.15, 0.2) is 36.4 Å². The lowest BCUT2D eigenvalue weighted by Crippen LogP contribution is -2.42. The third-order valence-electron chi connectivity index (χ3n) is 6.27. The summed E-state index contributed by atoms with van der Waals surface area (Å²) in [6.07, 6.45) is 5.99. The van der Waals surface area contributed by atoms with Crippen molar-refractivity contribution in [3.63, 3.8) is 0 Å². The molecule has 2 aromatic rings. The molecule has 164 valence electrons. The van der Waals surface area contributed by atoms with Crippen LogP contribution in [0.5, 0.6) is 0 Å². The molecule has 0 unspecified atom stereocenters. The molecule has 2 amide bonds. The van der Waals surface area contributed by atoms with Gasteiger partial charge in [0.15, 0.2) is 0 Å². The van der Waals surface area contributed by atoms with Crippen molar-refractivity contribution in [2.45, 2.75) is 57.9 Å². The van der Waals surface area contributed by atoms with Gasteiger partial charge in [-0.05, 0) is 74.4 Å². The number of hydrogen-bond donors (Lipinski definition) is 0. The first kappa shape index (κ1) is 21.5. The van der Waals surface area contributed by atoms with E-state index in [-0.39, 0.29) is 30.2 Å². The average Bonchev–Trinajstić information content (AvgIpc) is 3.15. The highest BCUT2D eigenvalue weighted by Crippen LogP contribution is 2.32. The highest BCUT2D eigenvalue weighted by Gasteiger charge is 2.32. The smallest absolute Gasteiger partial charge is 0.242 e. The minimum atomic E-state index is -0.238. The van der Waals surface area contributed by atoms with E-state index >= 15 is 0 Å². The van der Waals surface area contributed by atoms with Crippen molar-refractivity contribution in [3.8, 4) is 0 Å². The number of amides is 2. The summed E-state index contributed by atoms with van der Waals surface area (Å²) in [5.74, 6) is -0.128. The fourth-order valence-electron chi connectivity index (χ4n) is 4.71. The number of benzene rings is 1. The van der Waals surface area contributed by atoms with Gasteiger partial charge in [-0.1, -0.05) is 18.6 Å². The highest BCUT2D eigenvalue weighted by atomic mass is 19.1. The lowest BCUT2D eigenvalue weighted by molar-refractivity contribution is -0.140. The molecule has 0 aliphatic carbocycles. The molecule has 6 heteroatoms. The zero-order valence-electron chi connectivity index (χ0n) is 18.1. The number of aromatic nitrogens is 1. The summed E-state index contributed by atoms with van der Waals surface area (Å²) in [4.78, 5) is 33.8. The van der Waals surface area contributed by atoms with Crippen LogP contribution >= 0.6 is 0 Å². The maximum atomic E-state index is 13.2. The average molecular weight is 424 g/mol. The minimum Gasteiger partial charge on any atom is -0.333 e. The first-order valence-corrected chi connectivity index (χ1v) is 11.3. The number of carbonyl (C=O) groups excluding carboxylic acids is 2. The maximum Gasteiger partial charge on any atom is 0.242 e. The van der Waals surface area contributed by atoms with E-state index in [1.807, 2.05) is 17.9 Å². The Morgan fingerprint density at radius 3 is 2.68 bits per heavy atom. The van der Waals surface area contributed by atoms with Gasteiger partial charge in [-0.25, -0.2) is 4.39 Å². The first-order valence-electron chi connectivity index (χ1n) is 11.3. The summed E-state index contributed by atoms with van der Waals surface area (Å²) in [6, 6.07) is 10.6. The number of aryl methyl sites for hydroxylation is 1. The zero-order valence-corrected chi connectivity index (χ0v) is 18.1. The van der Waals surface area contributed by atoms with Crippen molar-refractivity contribution in [3.05, 3.63) is 64.7 Å². The lowest BCUT2D eigenvalue weighted by atomic mass is 10.0. The van der Waals surface area contributed by atoms with E-state index in [1.54, 1.807) is 17.0 Å². The fraction of sp³-hybridized carbons (Fsp3) is 0.480. The fourth-order valence-corrected chi connectivity index (χ4v) is 4.71. The van der Waals surface area contributed by atoms with Gasteiger partial charge < -0.3 is 9.80 Å². The van der Waals surface area contributed by atoms with E-state index in [4.69, 9.17) is 4.98 Å². The zero-order chi connectivity index (χ0) is 21.8. The molecule has 2 aliphatic heterocycles. The van der Waals surface area contributed by atoms with Crippen LogP contribution in [0.4, 0.5) is 4.39 Å². The molecule has 0 bridgehead atoms. The largest absolute Gasteiger partial charge is 0.333 e. The van der Waals surface area contributed by atoms with Gasteiger partial charge in [-0.3, -0.25) is 14.6 Å². The van der Waals surface area contributed by atoms with Crippen molar-refractivity contribution in [1.82, 2.24) is 14.8 Å². The Balaban J connectivity index is 1.49. The quantitative estimate of drug-likeness (QED) is 0.725. The molecule has 0 N–H and O–H groups in total. The number of likely N-dealkylation sites (tertiary alicyclic amines) is 2. The Morgan fingerprint density at radius 2 is 1.87 bits per heavy atom. The molecule has 1 aromatic heterocycles. The maximum absolute atomic E-state index is 13.2. The van der Waals surface area contributed by atoms with Gasteiger partial charge >= 0.3 is 0 Å². The van der Waals surface area contributed by atoms with Gasteiger partial charge in [0.25, 0.3) is 0 Å². The summed E-state index contributed by atoms with van der Waals surface area (Å²) in [5, 5.41) is 0. The standard InChI is InChI=1S/C25H30FN3O2/c1-18-14-20(15-19-8-10-21(26)11-9-19)16-22(27-18)23-6-5-13-29(23)25(31)17-28-12-4-2-3-7-24(28)30/h8-11,14,16,23H,2-7,12-13,15,17H2,1H3/t23-/m0/s1. The molecular formula is C25H30FN3O2. The number of nitrogens with zero attached hydrogens (tertiary/aromatic N) is 3. The molecule has 2 saturated heterocycles. The Morgan fingerprint density at radius 1 is 1.06 bits per heavy atom. The topological polar surface area (TPSA) is 53.5 Å². The normalized spacial score (nSPS) is 19.5. The first-order chi connectivity index (χ1) is 15.0. The number of hydrogen-bond acceptors (Lipinski definition) is 3. The molecule has 2 aliphatic rings. The van der Waals surface area contributed by atoms with Gasteiger partial charge in [0.05, 0.1) is 18.3 Å². The highest BCUT2D eigenvalue weighted by molar-refractivity contribution is 5.85. The molecule has 0 spiro atoms. The minimum absolute atomic E-state index is 0.0149. The van der Waals surface area contributed by atoms with Crippen molar-refractivity contribution in [1.29, 1.82) is 0 Å². The summed E-state index contributed by atoms with van der Waals surface area (Å²) < 4.78 is 13.2. The predicted molar refractivity (Wildman–Crippen MR) is 117 cm³/mol. The van der Waals surface area contributed by atoms with E-state index in [0.717, 1.165) is 54.6 Å². The van der Waals surface area contributed by atoms with E-state index < -0.39 is 0 Å². The Kier molecular flexibility index (Phi) is 6.64. The molecule has 1 atom stereocenters. The summed E-state index contributed by atoms with van der Waals surface area (Å²) in [7, 11) is 0. The summed E-state index contributed by atoms with van der Waals surface area (Å²) in [5.41, 5.74) is 3.97. The van der Waals surface area contributed by atoms with Crippen LogP contribution in [0, 0.1) is 12.7 Å². The van der Waals surface area contributed by atoms with Crippen LogP contribution in [0.3, 0.4) is 0 Å². The molecule has 4 rings (SSSR count). The van der Waals surface area contributed by atoms with Gasteiger partial charge in [0.2, 0.25) is 11.8 Å². The van der Waals surface area contributed by atoms with Crippen LogP contribution in [-0.2, 0) is 16.0 Å². The van der Waals surface area contributed by atoms with Gasteiger partial charge in [-0.2, -0.15) is 0 Å². The van der Waals surface area contributed by atoms with E-state index in [2.05, 4.69) is 6.07 Å². The molecule has 3 heterocycles. The Hall–Kier alpha value is -2.76. The van der Waals surface area contributed by atoms with Gasteiger partial charge in [-0.15, -0.1) is 0 Å². The van der Waals surface area contributed by atoms with E-state index in [0.29, 0.717) is 25.9 Å². The molecule has 5 nitrogen and oxygen atoms in total. The van der Waals surface area contributed by atoms with Crippen molar-refractivity contribution in [2.24, 2.45) is 0 Å². The van der Waals surface area contributed by atoms with E-state index in [9.17, 15) is 14.0 Å². The summed E-state index contributed by atoms with van der Waals surface area (Å²) in [6.45, 7) is 3.51. The van der Waals surface area contributed by atoms with Crippen molar-refractivity contribution < 1.29 is 14.0 Å². The molecule has 31 heavy (non-hydrogen) atoms.